The maximum atomic E-state index is 12.3. The van der Waals surface area contributed by atoms with Crippen LogP contribution in [0.25, 0.3) is 6.08 Å². The highest BCUT2D eigenvalue weighted by Crippen LogP contribution is 2.30. The predicted octanol–water partition coefficient (Wildman–Crippen LogP) is 2.81. The first-order valence-corrected chi connectivity index (χ1v) is 4.01. The molecule has 0 aromatic heterocycles. The summed E-state index contributed by atoms with van der Waals surface area (Å²) in [5, 5.41) is 0. The Bertz CT molecular complexity index is 342. The van der Waals surface area contributed by atoms with Gasteiger partial charge < -0.3 is 5.73 Å². The van der Waals surface area contributed by atoms with E-state index in [1.807, 2.05) is 0 Å². The third-order valence-electron chi connectivity index (χ3n) is 1.81. The zero-order chi connectivity index (χ0) is 10.8. The molecule has 0 bridgehead atoms. The van der Waals surface area contributed by atoms with Crippen LogP contribution in [0.4, 0.5) is 13.2 Å². The molecule has 14 heavy (non-hydrogen) atoms. The zero-order valence-corrected chi connectivity index (χ0v) is 7.43. The standard InChI is InChI=1S/C10H10F3N/c1-2-7-3-8(6-14)5-9(4-7)10(11,12)13/h2-5H,1,6,14H2. The Hall–Kier alpha value is -1.29. The second-order valence-electron chi connectivity index (χ2n) is 2.87. The molecule has 0 aliphatic heterocycles. The lowest BCUT2D eigenvalue weighted by Crippen LogP contribution is -2.07. The minimum atomic E-state index is -4.33. The summed E-state index contributed by atoms with van der Waals surface area (Å²) in [6.45, 7) is 3.51. The Balaban J connectivity index is 3.24. The maximum Gasteiger partial charge on any atom is 0.416 e. The Morgan fingerprint density at radius 1 is 1.29 bits per heavy atom. The van der Waals surface area contributed by atoms with Gasteiger partial charge in [-0.05, 0) is 23.3 Å². The maximum absolute atomic E-state index is 12.3. The molecule has 2 N–H and O–H groups in total. The normalized spacial score (nSPS) is 11.4. The van der Waals surface area contributed by atoms with E-state index in [9.17, 15) is 13.2 Å². The molecule has 0 saturated heterocycles. The summed E-state index contributed by atoms with van der Waals surface area (Å²) in [5.41, 5.74) is 5.48. The van der Waals surface area contributed by atoms with E-state index in [1.165, 1.54) is 6.08 Å². The van der Waals surface area contributed by atoms with Crippen molar-refractivity contribution in [3.8, 4) is 0 Å². The summed E-state index contributed by atoms with van der Waals surface area (Å²) < 4.78 is 37.0. The van der Waals surface area contributed by atoms with Gasteiger partial charge in [0.2, 0.25) is 0 Å². The van der Waals surface area contributed by atoms with Gasteiger partial charge in [0.25, 0.3) is 0 Å². The molecule has 76 valence electrons. The first-order chi connectivity index (χ1) is 6.47. The molecule has 0 heterocycles. The van der Waals surface area contributed by atoms with Crippen molar-refractivity contribution in [2.24, 2.45) is 5.73 Å². The van der Waals surface area contributed by atoms with Crippen LogP contribution in [0.3, 0.4) is 0 Å². The molecule has 0 saturated carbocycles. The molecule has 0 fully saturated rings. The molecule has 0 spiro atoms. The summed E-state index contributed by atoms with van der Waals surface area (Å²) in [6.07, 6.45) is -2.96. The molecule has 0 radical (unpaired) electrons. The summed E-state index contributed by atoms with van der Waals surface area (Å²) in [7, 11) is 0. The molecule has 0 unspecified atom stereocenters. The smallest absolute Gasteiger partial charge is 0.326 e. The van der Waals surface area contributed by atoms with Gasteiger partial charge in [-0.3, -0.25) is 0 Å². The van der Waals surface area contributed by atoms with Gasteiger partial charge in [-0.2, -0.15) is 13.2 Å². The Labute approximate surface area is 80.0 Å². The highest BCUT2D eigenvalue weighted by atomic mass is 19.4. The minimum absolute atomic E-state index is 0.0881. The van der Waals surface area contributed by atoms with Crippen LogP contribution in [0.15, 0.2) is 24.8 Å². The van der Waals surface area contributed by atoms with Gasteiger partial charge in [-0.15, -0.1) is 0 Å². The van der Waals surface area contributed by atoms with Gasteiger partial charge in [0.05, 0.1) is 5.56 Å². The fourth-order valence-corrected chi connectivity index (χ4v) is 1.12. The van der Waals surface area contributed by atoms with Gasteiger partial charge in [0.1, 0.15) is 0 Å². The topological polar surface area (TPSA) is 26.0 Å². The largest absolute Gasteiger partial charge is 0.416 e. The molecule has 0 aliphatic carbocycles. The second-order valence-corrected chi connectivity index (χ2v) is 2.87. The third kappa shape index (κ3) is 2.35. The fourth-order valence-electron chi connectivity index (χ4n) is 1.12. The highest BCUT2D eigenvalue weighted by Gasteiger charge is 2.30. The molecular formula is C10H10F3N. The minimum Gasteiger partial charge on any atom is -0.326 e. The van der Waals surface area contributed by atoms with Crippen LogP contribution in [-0.4, -0.2) is 0 Å². The van der Waals surface area contributed by atoms with Crippen molar-refractivity contribution in [1.29, 1.82) is 0 Å². The first-order valence-electron chi connectivity index (χ1n) is 4.01. The van der Waals surface area contributed by atoms with Gasteiger partial charge in [0, 0.05) is 6.54 Å². The Kier molecular flexibility index (Phi) is 2.96. The molecule has 1 nitrogen and oxygen atoms in total. The van der Waals surface area contributed by atoms with E-state index in [2.05, 4.69) is 6.58 Å². The van der Waals surface area contributed by atoms with Gasteiger partial charge in [0.15, 0.2) is 0 Å². The van der Waals surface area contributed by atoms with Crippen molar-refractivity contribution in [1.82, 2.24) is 0 Å². The number of halogens is 3. The van der Waals surface area contributed by atoms with E-state index in [0.29, 0.717) is 11.1 Å². The first kappa shape index (κ1) is 10.8. The van der Waals surface area contributed by atoms with Crippen molar-refractivity contribution in [2.45, 2.75) is 12.7 Å². The van der Waals surface area contributed by atoms with Crippen molar-refractivity contribution in [3.63, 3.8) is 0 Å². The summed E-state index contributed by atoms with van der Waals surface area (Å²) in [6, 6.07) is 3.68. The van der Waals surface area contributed by atoms with Crippen molar-refractivity contribution in [3.05, 3.63) is 41.5 Å². The summed E-state index contributed by atoms with van der Waals surface area (Å²) >= 11 is 0. The zero-order valence-electron chi connectivity index (χ0n) is 7.43. The van der Waals surface area contributed by atoms with Crippen molar-refractivity contribution in [2.75, 3.05) is 0 Å². The lowest BCUT2D eigenvalue weighted by molar-refractivity contribution is -0.137. The summed E-state index contributed by atoms with van der Waals surface area (Å²) in [5.74, 6) is 0. The van der Waals surface area contributed by atoms with Crippen LogP contribution in [0.2, 0.25) is 0 Å². The Morgan fingerprint density at radius 3 is 2.36 bits per heavy atom. The molecule has 0 atom stereocenters. The lowest BCUT2D eigenvalue weighted by atomic mass is 10.1. The molecule has 0 aliphatic rings. The molecule has 1 aromatic carbocycles. The van der Waals surface area contributed by atoms with E-state index in [0.717, 1.165) is 12.1 Å². The SMILES string of the molecule is C=Cc1cc(CN)cc(C(F)(F)F)c1. The van der Waals surface area contributed by atoms with Gasteiger partial charge in [-0.1, -0.05) is 18.7 Å². The predicted molar refractivity (Wildman–Crippen MR) is 49.4 cm³/mol. The quantitative estimate of drug-likeness (QED) is 0.782. The van der Waals surface area contributed by atoms with Crippen LogP contribution >= 0.6 is 0 Å². The van der Waals surface area contributed by atoms with E-state index in [4.69, 9.17) is 5.73 Å². The van der Waals surface area contributed by atoms with Crippen molar-refractivity contribution >= 4 is 6.08 Å². The highest BCUT2D eigenvalue weighted by molar-refractivity contribution is 5.50. The molecule has 4 heteroatoms. The monoisotopic (exact) mass is 201 g/mol. The van der Waals surface area contributed by atoms with E-state index < -0.39 is 11.7 Å². The number of hydrogen-bond donors (Lipinski definition) is 1. The van der Waals surface area contributed by atoms with E-state index in [1.54, 1.807) is 6.07 Å². The number of hydrogen-bond acceptors (Lipinski definition) is 1. The number of rotatable bonds is 2. The third-order valence-corrected chi connectivity index (χ3v) is 1.81. The molecular weight excluding hydrogens is 191 g/mol. The Morgan fingerprint density at radius 2 is 1.93 bits per heavy atom. The van der Waals surface area contributed by atoms with E-state index in [-0.39, 0.29) is 6.54 Å². The average Bonchev–Trinajstić information content (AvgIpc) is 2.15. The van der Waals surface area contributed by atoms with Crippen LogP contribution < -0.4 is 5.73 Å². The fraction of sp³-hybridized carbons (Fsp3) is 0.200. The lowest BCUT2D eigenvalue weighted by Gasteiger charge is -2.09. The number of alkyl halides is 3. The van der Waals surface area contributed by atoms with Gasteiger partial charge >= 0.3 is 6.18 Å². The summed E-state index contributed by atoms with van der Waals surface area (Å²) in [4.78, 5) is 0. The van der Waals surface area contributed by atoms with Crippen molar-refractivity contribution < 1.29 is 13.2 Å². The number of nitrogens with two attached hydrogens (primary N) is 1. The van der Waals surface area contributed by atoms with Crippen LogP contribution in [0.5, 0.6) is 0 Å². The van der Waals surface area contributed by atoms with Crippen LogP contribution in [0, 0.1) is 0 Å². The average molecular weight is 201 g/mol. The van der Waals surface area contributed by atoms with E-state index >= 15 is 0 Å². The van der Waals surface area contributed by atoms with Crippen LogP contribution in [-0.2, 0) is 12.7 Å². The van der Waals surface area contributed by atoms with Crippen LogP contribution in [0.1, 0.15) is 16.7 Å². The molecule has 0 amide bonds. The second kappa shape index (κ2) is 3.84. The molecule has 1 rings (SSSR count). The van der Waals surface area contributed by atoms with Gasteiger partial charge in [-0.25, -0.2) is 0 Å². The molecule has 1 aromatic rings. The number of benzene rings is 1.